The fourth-order valence-corrected chi connectivity index (χ4v) is 4.99. The van der Waals surface area contributed by atoms with E-state index in [1.165, 1.54) is 39.9 Å². The van der Waals surface area contributed by atoms with Crippen molar-refractivity contribution in [3.05, 3.63) is 50.9 Å². The minimum absolute atomic E-state index is 0.00759. The molecular formula is C22H25N3O2S. The van der Waals surface area contributed by atoms with Crippen LogP contribution in [0, 0.1) is 0 Å². The Bertz CT molecular complexity index is 1130. The lowest BCUT2D eigenvalue weighted by Gasteiger charge is -2.19. The zero-order valence-electron chi connectivity index (χ0n) is 16.5. The number of hydrogen-bond acceptors (Lipinski definition) is 4. The van der Waals surface area contributed by atoms with Crippen molar-refractivity contribution in [1.29, 1.82) is 0 Å². The zero-order valence-corrected chi connectivity index (χ0v) is 17.3. The average Bonchev–Trinajstić information content (AvgIpc) is 3.11. The summed E-state index contributed by atoms with van der Waals surface area (Å²) in [6.07, 6.45) is 4.67. The van der Waals surface area contributed by atoms with Crippen LogP contribution in [-0.2, 0) is 17.6 Å². The Balaban J connectivity index is 1.96. The van der Waals surface area contributed by atoms with Crippen molar-refractivity contribution >= 4 is 27.5 Å². The van der Waals surface area contributed by atoms with Gasteiger partial charge in [0, 0.05) is 16.9 Å². The normalized spacial score (nSPS) is 15.0. The third-order valence-electron chi connectivity index (χ3n) is 5.64. The van der Waals surface area contributed by atoms with Crippen molar-refractivity contribution in [2.24, 2.45) is 5.73 Å². The molecule has 1 aliphatic rings. The molecule has 0 aliphatic heterocycles. The first-order chi connectivity index (χ1) is 13.4. The standard InChI is InChI=1S/C22H25N3O2S/c1-12(2)20-24-21-18(22(27)25(20)13(3)19(23)26)17(11-28-21)16-9-8-14-6-4-5-7-15(14)10-16/h8-13H,4-7H2,1-3H3,(H2,23,26). The van der Waals surface area contributed by atoms with Gasteiger partial charge in [-0.25, -0.2) is 4.98 Å². The highest BCUT2D eigenvalue weighted by Gasteiger charge is 2.24. The highest BCUT2D eigenvalue weighted by atomic mass is 32.1. The highest BCUT2D eigenvalue weighted by molar-refractivity contribution is 7.17. The van der Waals surface area contributed by atoms with Crippen molar-refractivity contribution in [3.8, 4) is 11.1 Å². The summed E-state index contributed by atoms with van der Waals surface area (Å²) in [4.78, 5) is 30.8. The first-order valence-corrected chi connectivity index (χ1v) is 10.7. The number of primary amides is 1. The van der Waals surface area contributed by atoms with E-state index in [-0.39, 0.29) is 11.5 Å². The lowest BCUT2D eigenvalue weighted by Crippen LogP contribution is -2.35. The van der Waals surface area contributed by atoms with Crippen LogP contribution in [0.5, 0.6) is 0 Å². The zero-order chi connectivity index (χ0) is 20.0. The van der Waals surface area contributed by atoms with Gasteiger partial charge in [-0.05, 0) is 49.3 Å². The Hall–Kier alpha value is -2.47. The lowest BCUT2D eigenvalue weighted by molar-refractivity contribution is -0.120. The van der Waals surface area contributed by atoms with Gasteiger partial charge in [0.05, 0.1) is 5.39 Å². The predicted octanol–water partition coefficient (Wildman–Crippen LogP) is 4.17. The molecule has 1 unspecified atom stereocenters. The quantitative estimate of drug-likeness (QED) is 0.720. The van der Waals surface area contributed by atoms with Gasteiger partial charge >= 0.3 is 0 Å². The number of carbonyl (C=O) groups excluding carboxylic acids is 1. The van der Waals surface area contributed by atoms with Gasteiger partial charge in [0.25, 0.3) is 5.56 Å². The van der Waals surface area contributed by atoms with Crippen LogP contribution in [0.3, 0.4) is 0 Å². The van der Waals surface area contributed by atoms with E-state index < -0.39 is 11.9 Å². The molecule has 3 aromatic rings. The fourth-order valence-electron chi connectivity index (χ4n) is 4.04. The summed E-state index contributed by atoms with van der Waals surface area (Å²) < 4.78 is 1.48. The average molecular weight is 396 g/mol. The van der Waals surface area contributed by atoms with Crippen molar-refractivity contribution in [2.45, 2.75) is 58.4 Å². The summed E-state index contributed by atoms with van der Waals surface area (Å²) >= 11 is 1.48. The van der Waals surface area contributed by atoms with Crippen LogP contribution in [0.25, 0.3) is 21.3 Å². The number of fused-ring (bicyclic) bond motifs is 2. The molecule has 5 nitrogen and oxygen atoms in total. The number of carbonyl (C=O) groups is 1. The van der Waals surface area contributed by atoms with Gasteiger partial charge in [-0.3, -0.25) is 14.2 Å². The Labute approximate surface area is 168 Å². The maximum atomic E-state index is 13.5. The van der Waals surface area contributed by atoms with Gasteiger partial charge in [0.15, 0.2) is 0 Å². The van der Waals surface area contributed by atoms with E-state index in [4.69, 9.17) is 10.7 Å². The summed E-state index contributed by atoms with van der Waals surface area (Å²) in [5.74, 6) is 0.0755. The number of rotatable bonds is 4. The summed E-state index contributed by atoms with van der Waals surface area (Å²) in [7, 11) is 0. The molecule has 1 atom stereocenters. The topological polar surface area (TPSA) is 78.0 Å². The molecule has 0 spiro atoms. The molecule has 6 heteroatoms. The van der Waals surface area contributed by atoms with Gasteiger partial charge in [-0.2, -0.15) is 0 Å². The fraction of sp³-hybridized carbons (Fsp3) is 0.409. The number of nitrogens with zero attached hydrogens (tertiary/aromatic N) is 2. The van der Waals surface area contributed by atoms with Crippen LogP contribution in [0.2, 0.25) is 0 Å². The number of aryl methyl sites for hydroxylation is 2. The molecule has 0 fully saturated rings. The van der Waals surface area contributed by atoms with E-state index in [9.17, 15) is 9.59 Å². The summed E-state index contributed by atoms with van der Waals surface area (Å²) in [5.41, 5.74) is 10.1. The van der Waals surface area contributed by atoms with E-state index >= 15 is 0 Å². The van der Waals surface area contributed by atoms with Gasteiger partial charge < -0.3 is 5.73 Å². The van der Waals surface area contributed by atoms with Crippen molar-refractivity contribution in [1.82, 2.24) is 9.55 Å². The first-order valence-electron chi connectivity index (χ1n) is 9.83. The lowest BCUT2D eigenvalue weighted by atomic mass is 9.89. The van der Waals surface area contributed by atoms with E-state index in [0.717, 1.165) is 24.0 Å². The number of amides is 1. The molecule has 0 saturated carbocycles. The highest BCUT2D eigenvalue weighted by Crippen LogP contribution is 2.34. The summed E-state index contributed by atoms with van der Waals surface area (Å²) in [6, 6.07) is 5.77. The predicted molar refractivity (Wildman–Crippen MR) is 114 cm³/mol. The number of nitrogens with two attached hydrogens (primary N) is 1. The second kappa shape index (κ2) is 7.17. The molecule has 1 amide bonds. The summed E-state index contributed by atoms with van der Waals surface area (Å²) in [5, 5.41) is 2.59. The molecule has 2 N–H and O–H groups in total. The Morgan fingerprint density at radius 2 is 1.89 bits per heavy atom. The second-order valence-corrected chi connectivity index (χ2v) is 8.76. The van der Waals surface area contributed by atoms with Crippen LogP contribution in [-0.4, -0.2) is 15.5 Å². The van der Waals surface area contributed by atoms with E-state index in [1.807, 2.05) is 19.2 Å². The molecule has 28 heavy (non-hydrogen) atoms. The maximum absolute atomic E-state index is 13.5. The molecule has 1 aromatic carbocycles. The number of benzene rings is 1. The van der Waals surface area contributed by atoms with Gasteiger partial charge in [0.2, 0.25) is 5.91 Å². The minimum atomic E-state index is -0.738. The van der Waals surface area contributed by atoms with E-state index in [1.54, 1.807) is 6.92 Å². The van der Waals surface area contributed by atoms with Crippen LogP contribution < -0.4 is 11.3 Å². The number of aromatic nitrogens is 2. The van der Waals surface area contributed by atoms with Crippen LogP contribution in [0.1, 0.15) is 62.5 Å². The molecule has 1 aliphatic carbocycles. The molecule has 2 heterocycles. The SMILES string of the molecule is CC(C)c1nc2scc(-c3ccc4c(c3)CCCC4)c2c(=O)n1C(C)C(N)=O. The molecule has 0 radical (unpaired) electrons. The molecule has 0 saturated heterocycles. The molecule has 0 bridgehead atoms. The maximum Gasteiger partial charge on any atom is 0.263 e. The van der Waals surface area contributed by atoms with Crippen molar-refractivity contribution < 1.29 is 4.79 Å². The Morgan fingerprint density at radius 1 is 1.18 bits per heavy atom. The van der Waals surface area contributed by atoms with E-state index in [2.05, 4.69) is 18.2 Å². The van der Waals surface area contributed by atoms with Crippen LogP contribution >= 0.6 is 11.3 Å². The monoisotopic (exact) mass is 395 g/mol. The molecular weight excluding hydrogens is 370 g/mol. The number of hydrogen-bond donors (Lipinski definition) is 1. The van der Waals surface area contributed by atoms with Gasteiger partial charge in [0.1, 0.15) is 16.7 Å². The molecule has 2 aromatic heterocycles. The van der Waals surface area contributed by atoms with Crippen LogP contribution in [0.15, 0.2) is 28.4 Å². The third kappa shape index (κ3) is 3.05. The second-order valence-electron chi connectivity index (χ2n) is 7.90. The summed E-state index contributed by atoms with van der Waals surface area (Å²) in [6.45, 7) is 5.60. The van der Waals surface area contributed by atoms with E-state index in [0.29, 0.717) is 16.0 Å². The third-order valence-corrected chi connectivity index (χ3v) is 6.51. The largest absolute Gasteiger partial charge is 0.368 e. The van der Waals surface area contributed by atoms with Gasteiger partial charge in [-0.15, -0.1) is 11.3 Å². The number of thiophene rings is 1. The Morgan fingerprint density at radius 3 is 2.57 bits per heavy atom. The first kappa shape index (κ1) is 18.9. The van der Waals surface area contributed by atoms with Gasteiger partial charge in [-0.1, -0.05) is 32.0 Å². The molecule has 4 rings (SSSR count). The van der Waals surface area contributed by atoms with Crippen molar-refractivity contribution in [2.75, 3.05) is 0 Å². The minimum Gasteiger partial charge on any atom is -0.368 e. The smallest absolute Gasteiger partial charge is 0.263 e. The van der Waals surface area contributed by atoms with Crippen LogP contribution in [0.4, 0.5) is 0 Å². The Kier molecular flexibility index (Phi) is 4.83. The molecule has 146 valence electrons. The van der Waals surface area contributed by atoms with Crippen molar-refractivity contribution in [3.63, 3.8) is 0 Å².